The number of hydrogen-bond acceptors (Lipinski definition) is 4. The van der Waals surface area contributed by atoms with Crippen LogP contribution in [0.5, 0.6) is 0 Å². The molecule has 6 nitrogen and oxygen atoms in total. The molecule has 0 spiro atoms. The Morgan fingerprint density at radius 1 is 1.29 bits per heavy atom. The zero-order valence-corrected chi connectivity index (χ0v) is 13.3. The van der Waals surface area contributed by atoms with Crippen molar-refractivity contribution in [2.45, 2.75) is 57.2 Å². The SMILES string of the molecule is CNC(=O)C1(N2CCC[C@H]2C(=O)NC(C)C)CCOCC1. The fourth-order valence-corrected chi connectivity index (χ4v) is 3.52. The van der Waals surface area contributed by atoms with E-state index in [1.807, 2.05) is 13.8 Å². The van der Waals surface area contributed by atoms with Crippen molar-refractivity contribution < 1.29 is 14.3 Å². The minimum atomic E-state index is -0.595. The van der Waals surface area contributed by atoms with Gasteiger partial charge in [0.2, 0.25) is 11.8 Å². The number of likely N-dealkylation sites (tertiary alicyclic amines) is 1. The van der Waals surface area contributed by atoms with Crippen LogP contribution in [0.15, 0.2) is 0 Å². The van der Waals surface area contributed by atoms with Gasteiger partial charge in [0.15, 0.2) is 0 Å². The van der Waals surface area contributed by atoms with E-state index in [-0.39, 0.29) is 23.9 Å². The molecule has 120 valence electrons. The summed E-state index contributed by atoms with van der Waals surface area (Å²) in [6.07, 6.45) is 3.07. The summed E-state index contributed by atoms with van der Waals surface area (Å²) in [4.78, 5) is 27.1. The van der Waals surface area contributed by atoms with Gasteiger partial charge in [-0.3, -0.25) is 14.5 Å². The Morgan fingerprint density at radius 2 is 1.95 bits per heavy atom. The van der Waals surface area contributed by atoms with Gasteiger partial charge in [-0.25, -0.2) is 0 Å². The highest BCUT2D eigenvalue weighted by molar-refractivity contribution is 5.88. The molecule has 2 aliphatic rings. The van der Waals surface area contributed by atoms with Crippen LogP contribution in [0.2, 0.25) is 0 Å². The van der Waals surface area contributed by atoms with Crippen LogP contribution in [0, 0.1) is 0 Å². The summed E-state index contributed by atoms with van der Waals surface area (Å²) in [5.74, 6) is 0.0484. The van der Waals surface area contributed by atoms with Gasteiger partial charge in [-0.2, -0.15) is 0 Å². The first-order chi connectivity index (χ1) is 10.0. The standard InChI is InChI=1S/C15H27N3O3/c1-11(2)17-13(19)12-5-4-8-18(12)15(14(20)16-3)6-9-21-10-7-15/h11-12H,4-10H2,1-3H3,(H,16,20)(H,17,19)/t12-/m0/s1. The number of carbonyl (C=O) groups is 2. The van der Waals surface area contributed by atoms with Crippen LogP contribution in [-0.2, 0) is 14.3 Å². The van der Waals surface area contributed by atoms with Crippen LogP contribution in [-0.4, -0.2) is 61.1 Å². The second-order valence-corrected chi connectivity index (χ2v) is 6.24. The van der Waals surface area contributed by atoms with Crippen LogP contribution in [0.3, 0.4) is 0 Å². The number of nitrogens with one attached hydrogen (secondary N) is 2. The van der Waals surface area contributed by atoms with Gasteiger partial charge < -0.3 is 15.4 Å². The van der Waals surface area contributed by atoms with Crippen molar-refractivity contribution in [2.75, 3.05) is 26.8 Å². The second-order valence-electron chi connectivity index (χ2n) is 6.24. The predicted octanol–water partition coefficient (Wildman–Crippen LogP) is 0.271. The number of nitrogens with zero attached hydrogens (tertiary/aromatic N) is 1. The lowest BCUT2D eigenvalue weighted by Gasteiger charge is -2.45. The van der Waals surface area contributed by atoms with Crippen molar-refractivity contribution in [1.82, 2.24) is 15.5 Å². The van der Waals surface area contributed by atoms with E-state index in [1.54, 1.807) is 7.05 Å². The van der Waals surface area contributed by atoms with Gasteiger partial charge in [-0.05, 0) is 39.5 Å². The number of rotatable bonds is 4. The van der Waals surface area contributed by atoms with Crippen LogP contribution >= 0.6 is 0 Å². The van der Waals surface area contributed by atoms with E-state index in [1.165, 1.54) is 0 Å². The molecule has 2 saturated heterocycles. The molecule has 0 aromatic heterocycles. The lowest BCUT2D eigenvalue weighted by molar-refractivity contribution is -0.145. The van der Waals surface area contributed by atoms with Crippen molar-refractivity contribution in [3.8, 4) is 0 Å². The highest BCUT2D eigenvalue weighted by Crippen LogP contribution is 2.35. The van der Waals surface area contributed by atoms with Gasteiger partial charge in [0.1, 0.15) is 5.54 Å². The molecule has 2 heterocycles. The molecule has 0 unspecified atom stereocenters. The molecule has 1 atom stereocenters. The minimum Gasteiger partial charge on any atom is -0.381 e. The Balaban J connectivity index is 2.22. The average Bonchev–Trinajstić information content (AvgIpc) is 2.96. The molecule has 0 aromatic rings. The molecule has 2 fully saturated rings. The molecule has 21 heavy (non-hydrogen) atoms. The van der Waals surface area contributed by atoms with Gasteiger partial charge in [-0.1, -0.05) is 0 Å². The molecular formula is C15H27N3O3. The molecule has 0 aromatic carbocycles. The molecular weight excluding hydrogens is 270 g/mol. The van der Waals surface area contributed by atoms with Crippen LogP contribution in [0.25, 0.3) is 0 Å². The van der Waals surface area contributed by atoms with Crippen molar-refractivity contribution in [1.29, 1.82) is 0 Å². The highest BCUT2D eigenvalue weighted by Gasteiger charge is 2.50. The van der Waals surface area contributed by atoms with Crippen molar-refractivity contribution in [3.63, 3.8) is 0 Å². The molecule has 0 aliphatic carbocycles. The molecule has 0 bridgehead atoms. The smallest absolute Gasteiger partial charge is 0.240 e. The summed E-state index contributed by atoms with van der Waals surface area (Å²) >= 11 is 0. The minimum absolute atomic E-state index is 0.00930. The van der Waals surface area contributed by atoms with Crippen LogP contribution in [0.1, 0.15) is 39.5 Å². The zero-order chi connectivity index (χ0) is 15.5. The van der Waals surface area contributed by atoms with Gasteiger partial charge in [-0.15, -0.1) is 0 Å². The summed E-state index contributed by atoms with van der Waals surface area (Å²) < 4.78 is 5.43. The summed E-state index contributed by atoms with van der Waals surface area (Å²) in [6.45, 7) is 5.86. The van der Waals surface area contributed by atoms with E-state index in [0.717, 1.165) is 19.4 Å². The molecule has 6 heteroatoms. The van der Waals surface area contributed by atoms with Crippen molar-refractivity contribution in [3.05, 3.63) is 0 Å². The van der Waals surface area contributed by atoms with Crippen molar-refractivity contribution >= 4 is 11.8 Å². The van der Waals surface area contributed by atoms with Gasteiger partial charge in [0.25, 0.3) is 0 Å². The maximum Gasteiger partial charge on any atom is 0.240 e. The third kappa shape index (κ3) is 3.21. The van der Waals surface area contributed by atoms with E-state index >= 15 is 0 Å². The fraction of sp³-hybridized carbons (Fsp3) is 0.867. The Labute approximate surface area is 126 Å². The maximum absolute atomic E-state index is 12.5. The van der Waals surface area contributed by atoms with Crippen LogP contribution < -0.4 is 10.6 Å². The average molecular weight is 297 g/mol. The van der Waals surface area contributed by atoms with E-state index < -0.39 is 5.54 Å². The van der Waals surface area contributed by atoms with E-state index in [9.17, 15) is 9.59 Å². The number of ether oxygens (including phenoxy) is 1. The Bertz CT molecular complexity index is 392. The van der Waals surface area contributed by atoms with E-state index in [0.29, 0.717) is 26.1 Å². The summed E-state index contributed by atoms with van der Waals surface area (Å²) in [7, 11) is 1.67. The van der Waals surface area contributed by atoms with Crippen LogP contribution in [0.4, 0.5) is 0 Å². The number of likely N-dealkylation sites (N-methyl/N-ethyl adjacent to an activating group) is 1. The monoisotopic (exact) mass is 297 g/mol. The molecule has 2 rings (SSSR count). The Kier molecular flexibility index (Phi) is 5.22. The Hall–Kier alpha value is -1.14. The predicted molar refractivity (Wildman–Crippen MR) is 79.9 cm³/mol. The van der Waals surface area contributed by atoms with Gasteiger partial charge in [0, 0.05) is 32.8 Å². The molecule has 2 N–H and O–H groups in total. The second kappa shape index (κ2) is 6.75. The zero-order valence-electron chi connectivity index (χ0n) is 13.3. The normalized spacial score (nSPS) is 25.8. The lowest BCUT2D eigenvalue weighted by atomic mass is 9.86. The van der Waals surface area contributed by atoms with Crippen molar-refractivity contribution in [2.24, 2.45) is 0 Å². The lowest BCUT2D eigenvalue weighted by Crippen LogP contribution is -2.64. The maximum atomic E-state index is 12.5. The highest BCUT2D eigenvalue weighted by atomic mass is 16.5. The largest absolute Gasteiger partial charge is 0.381 e. The molecule has 2 aliphatic heterocycles. The van der Waals surface area contributed by atoms with Gasteiger partial charge in [0.05, 0.1) is 6.04 Å². The molecule has 0 saturated carbocycles. The first-order valence-corrected chi connectivity index (χ1v) is 7.88. The quantitative estimate of drug-likeness (QED) is 0.781. The number of carbonyl (C=O) groups excluding carboxylic acids is 2. The summed E-state index contributed by atoms with van der Waals surface area (Å²) in [5, 5.41) is 5.77. The topological polar surface area (TPSA) is 70.7 Å². The number of hydrogen-bond donors (Lipinski definition) is 2. The molecule has 2 amide bonds. The first kappa shape index (κ1) is 16.2. The number of amides is 2. The van der Waals surface area contributed by atoms with E-state index in [2.05, 4.69) is 15.5 Å². The third-order valence-electron chi connectivity index (χ3n) is 4.51. The molecule has 0 radical (unpaired) electrons. The first-order valence-electron chi connectivity index (χ1n) is 7.88. The fourth-order valence-electron chi connectivity index (χ4n) is 3.52. The van der Waals surface area contributed by atoms with E-state index in [4.69, 9.17) is 4.74 Å². The summed E-state index contributed by atoms with van der Waals surface area (Å²) in [6, 6.07) is -0.0895. The Morgan fingerprint density at radius 3 is 2.52 bits per heavy atom. The van der Waals surface area contributed by atoms with Gasteiger partial charge >= 0.3 is 0 Å². The third-order valence-corrected chi connectivity index (χ3v) is 4.51. The summed E-state index contributed by atoms with van der Waals surface area (Å²) in [5.41, 5.74) is -0.595.